The summed E-state index contributed by atoms with van der Waals surface area (Å²) in [6.07, 6.45) is 7.37. The average Bonchev–Trinajstić information content (AvgIpc) is 2.68. The van der Waals surface area contributed by atoms with Gasteiger partial charge < -0.3 is 15.4 Å². The normalized spacial score (nSPS) is 23.9. The Morgan fingerprint density at radius 1 is 1.20 bits per heavy atom. The van der Waals surface area contributed by atoms with Crippen molar-refractivity contribution in [3.8, 4) is 0 Å². The summed E-state index contributed by atoms with van der Waals surface area (Å²) in [5.41, 5.74) is 0. The second kappa shape index (κ2) is 8.47. The maximum atomic E-state index is 12.0. The summed E-state index contributed by atoms with van der Waals surface area (Å²) in [4.78, 5) is 14.4. The minimum Gasteiger partial charge on any atom is -0.379 e. The van der Waals surface area contributed by atoms with Crippen molar-refractivity contribution in [2.75, 3.05) is 32.8 Å². The van der Waals surface area contributed by atoms with E-state index < -0.39 is 0 Å². The van der Waals surface area contributed by atoms with Gasteiger partial charge in [-0.2, -0.15) is 0 Å². The van der Waals surface area contributed by atoms with Crippen molar-refractivity contribution in [2.24, 2.45) is 0 Å². The lowest BCUT2D eigenvalue weighted by Crippen LogP contribution is -2.50. The number of nitrogens with zero attached hydrogens (tertiary/aromatic N) is 1. The molecule has 1 aliphatic heterocycles. The second-order valence-corrected chi connectivity index (χ2v) is 6.12. The number of urea groups is 1. The number of hydrogen-bond donors (Lipinski definition) is 2. The van der Waals surface area contributed by atoms with Gasteiger partial charge >= 0.3 is 6.03 Å². The van der Waals surface area contributed by atoms with Crippen molar-refractivity contribution in [3.05, 3.63) is 0 Å². The lowest BCUT2D eigenvalue weighted by atomic mass is 10.1. The second-order valence-electron chi connectivity index (χ2n) is 6.12. The molecule has 2 aliphatic rings. The fourth-order valence-electron chi connectivity index (χ4n) is 3.09. The molecule has 2 rings (SSSR count). The van der Waals surface area contributed by atoms with Gasteiger partial charge in [-0.1, -0.05) is 25.7 Å². The molecule has 2 amide bonds. The molecule has 20 heavy (non-hydrogen) atoms. The van der Waals surface area contributed by atoms with E-state index in [0.29, 0.717) is 6.04 Å². The summed E-state index contributed by atoms with van der Waals surface area (Å²) >= 11 is 0. The highest BCUT2D eigenvalue weighted by atomic mass is 16.5. The maximum absolute atomic E-state index is 12.0. The molecule has 1 heterocycles. The summed E-state index contributed by atoms with van der Waals surface area (Å²) < 4.78 is 5.33. The number of morpholine rings is 1. The zero-order valence-corrected chi connectivity index (χ0v) is 12.7. The molecule has 1 unspecified atom stereocenters. The van der Waals surface area contributed by atoms with Crippen LogP contribution in [0.15, 0.2) is 0 Å². The van der Waals surface area contributed by atoms with Gasteiger partial charge in [-0.05, 0) is 19.8 Å². The summed E-state index contributed by atoms with van der Waals surface area (Å²) in [5, 5.41) is 6.20. The monoisotopic (exact) mass is 283 g/mol. The van der Waals surface area contributed by atoms with E-state index in [1.807, 2.05) is 0 Å². The molecular weight excluding hydrogens is 254 g/mol. The minimum absolute atomic E-state index is 0.00217. The molecule has 116 valence electrons. The van der Waals surface area contributed by atoms with Gasteiger partial charge in [-0.25, -0.2) is 4.79 Å². The number of rotatable bonds is 4. The Kier molecular flexibility index (Phi) is 6.60. The van der Waals surface area contributed by atoms with Gasteiger partial charge in [0, 0.05) is 31.7 Å². The molecule has 5 nitrogen and oxygen atoms in total. The van der Waals surface area contributed by atoms with Crippen molar-refractivity contribution >= 4 is 6.03 Å². The largest absolute Gasteiger partial charge is 0.379 e. The van der Waals surface area contributed by atoms with Crippen molar-refractivity contribution in [1.29, 1.82) is 0 Å². The number of nitrogens with one attached hydrogen (secondary N) is 2. The first-order valence-corrected chi connectivity index (χ1v) is 8.11. The first-order valence-electron chi connectivity index (χ1n) is 8.11. The Balaban J connectivity index is 1.64. The quantitative estimate of drug-likeness (QED) is 0.773. The van der Waals surface area contributed by atoms with Crippen molar-refractivity contribution in [2.45, 2.75) is 57.5 Å². The topological polar surface area (TPSA) is 53.6 Å². The van der Waals surface area contributed by atoms with Gasteiger partial charge in [-0.3, -0.25) is 4.90 Å². The number of carbonyl (C=O) groups is 1. The van der Waals surface area contributed by atoms with E-state index in [1.165, 1.54) is 25.7 Å². The van der Waals surface area contributed by atoms with E-state index in [9.17, 15) is 4.79 Å². The Labute approximate surface area is 122 Å². The molecule has 1 atom stereocenters. The lowest BCUT2D eigenvalue weighted by Gasteiger charge is -2.29. The van der Waals surface area contributed by atoms with E-state index in [4.69, 9.17) is 4.74 Å². The van der Waals surface area contributed by atoms with Crippen LogP contribution in [0.1, 0.15) is 45.4 Å². The molecule has 0 spiro atoms. The van der Waals surface area contributed by atoms with Gasteiger partial charge in [0.15, 0.2) is 0 Å². The van der Waals surface area contributed by atoms with E-state index in [2.05, 4.69) is 22.5 Å². The molecule has 2 fully saturated rings. The molecule has 1 saturated carbocycles. The van der Waals surface area contributed by atoms with Crippen LogP contribution >= 0.6 is 0 Å². The maximum Gasteiger partial charge on any atom is 0.315 e. The van der Waals surface area contributed by atoms with Crippen LogP contribution in [0, 0.1) is 0 Å². The first-order chi connectivity index (χ1) is 9.74. The zero-order chi connectivity index (χ0) is 14.2. The van der Waals surface area contributed by atoms with Crippen LogP contribution in [0.2, 0.25) is 0 Å². The zero-order valence-electron chi connectivity index (χ0n) is 12.7. The van der Waals surface area contributed by atoms with Gasteiger partial charge in [0.1, 0.15) is 0 Å². The number of hydrogen-bond acceptors (Lipinski definition) is 3. The Bertz CT molecular complexity index is 285. The van der Waals surface area contributed by atoms with Crippen LogP contribution in [0.25, 0.3) is 0 Å². The van der Waals surface area contributed by atoms with Crippen molar-refractivity contribution in [1.82, 2.24) is 15.5 Å². The number of ether oxygens (including phenoxy) is 1. The van der Waals surface area contributed by atoms with Crippen LogP contribution in [0.4, 0.5) is 4.79 Å². The molecule has 1 aliphatic carbocycles. The molecule has 1 saturated heterocycles. The molecule has 0 aromatic heterocycles. The van der Waals surface area contributed by atoms with Crippen LogP contribution in [0.5, 0.6) is 0 Å². The first kappa shape index (κ1) is 15.6. The molecule has 0 bridgehead atoms. The standard InChI is InChI=1S/C15H29N3O2/c1-13(12-18-8-10-20-11-9-18)16-15(19)17-14-6-4-2-3-5-7-14/h13-14H,2-12H2,1H3,(H2,16,17,19). The Morgan fingerprint density at radius 3 is 2.50 bits per heavy atom. The van der Waals surface area contributed by atoms with Crippen LogP contribution < -0.4 is 10.6 Å². The third-order valence-corrected chi connectivity index (χ3v) is 4.20. The molecular formula is C15H29N3O2. The average molecular weight is 283 g/mol. The van der Waals surface area contributed by atoms with Crippen LogP contribution in [-0.4, -0.2) is 55.9 Å². The smallest absolute Gasteiger partial charge is 0.315 e. The van der Waals surface area contributed by atoms with Gasteiger partial charge in [0.25, 0.3) is 0 Å². The third kappa shape index (κ3) is 5.67. The van der Waals surface area contributed by atoms with E-state index in [1.54, 1.807) is 0 Å². The van der Waals surface area contributed by atoms with Crippen LogP contribution in [-0.2, 0) is 4.74 Å². The highest BCUT2D eigenvalue weighted by Crippen LogP contribution is 2.17. The fraction of sp³-hybridized carbons (Fsp3) is 0.933. The Hall–Kier alpha value is -0.810. The summed E-state index contributed by atoms with van der Waals surface area (Å²) in [7, 11) is 0. The summed E-state index contributed by atoms with van der Waals surface area (Å²) in [6.45, 7) is 6.53. The van der Waals surface area contributed by atoms with Crippen LogP contribution in [0.3, 0.4) is 0 Å². The Morgan fingerprint density at radius 2 is 1.85 bits per heavy atom. The third-order valence-electron chi connectivity index (χ3n) is 4.20. The summed E-state index contributed by atoms with van der Waals surface area (Å²) in [5.74, 6) is 0. The van der Waals surface area contributed by atoms with E-state index in [0.717, 1.165) is 45.7 Å². The molecule has 5 heteroatoms. The van der Waals surface area contributed by atoms with E-state index >= 15 is 0 Å². The van der Waals surface area contributed by atoms with Gasteiger partial charge in [0.2, 0.25) is 0 Å². The summed E-state index contributed by atoms with van der Waals surface area (Å²) in [6, 6.07) is 0.546. The van der Waals surface area contributed by atoms with E-state index in [-0.39, 0.29) is 12.1 Å². The predicted octanol–water partition coefficient (Wildman–Crippen LogP) is 1.73. The SMILES string of the molecule is CC(CN1CCOCC1)NC(=O)NC1CCCCCC1. The molecule has 0 aromatic rings. The molecule has 0 radical (unpaired) electrons. The lowest BCUT2D eigenvalue weighted by molar-refractivity contribution is 0.0349. The predicted molar refractivity (Wildman–Crippen MR) is 79.9 cm³/mol. The number of carbonyl (C=O) groups excluding carboxylic acids is 1. The molecule has 2 N–H and O–H groups in total. The highest BCUT2D eigenvalue weighted by Gasteiger charge is 2.18. The molecule has 0 aromatic carbocycles. The minimum atomic E-state index is -0.00217. The fourth-order valence-corrected chi connectivity index (χ4v) is 3.09. The highest BCUT2D eigenvalue weighted by molar-refractivity contribution is 5.74. The number of amides is 2. The van der Waals surface area contributed by atoms with Crippen molar-refractivity contribution < 1.29 is 9.53 Å². The van der Waals surface area contributed by atoms with Crippen molar-refractivity contribution in [3.63, 3.8) is 0 Å². The van der Waals surface area contributed by atoms with Gasteiger partial charge in [0.05, 0.1) is 13.2 Å². The van der Waals surface area contributed by atoms with Gasteiger partial charge in [-0.15, -0.1) is 0 Å².